The highest BCUT2D eigenvalue weighted by molar-refractivity contribution is 5.72. The van der Waals surface area contributed by atoms with Crippen LogP contribution in [0.15, 0.2) is 24.5 Å². The van der Waals surface area contributed by atoms with Gasteiger partial charge in [0.05, 0.1) is 0 Å². The maximum absolute atomic E-state index is 4.51. The highest BCUT2D eigenvalue weighted by Gasteiger charge is 2.57. The Labute approximate surface area is 165 Å². The van der Waals surface area contributed by atoms with E-state index in [-0.39, 0.29) is 0 Å². The van der Waals surface area contributed by atoms with Crippen molar-refractivity contribution in [3.05, 3.63) is 35.7 Å². The minimum atomic E-state index is 0.361. The molecule has 3 fully saturated rings. The molecule has 2 heteroatoms. The number of piperidine rings is 1. The first kappa shape index (κ1) is 17.9. The van der Waals surface area contributed by atoms with Crippen LogP contribution in [0.25, 0.3) is 5.57 Å². The van der Waals surface area contributed by atoms with Crippen LogP contribution in [0, 0.1) is 30.1 Å². The fourth-order valence-electron chi connectivity index (χ4n) is 7.65. The predicted molar refractivity (Wildman–Crippen MR) is 112 cm³/mol. The van der Waals surface area contributed by atoms with Crippen molar-refractivity contribution in [1.29, 1.82) is 0 Å². The van der Waals surface area contributed by atoms with Crippen LogP contribution in [-0.4, -0.2) is 28.5 Å². The molecule has 0 amide bonds. The third-order valence-electron chi connectivity index (χ3n) is 9.07. The minimum Gasteiger partial charge on any atom is -0.298 e. The van der Waals surface area contributed by atoms with Gasteiger partial charge in [0.15, 0.2) is 0 Å². The molecule has 146 valence electrons. The summed E-state index contributed by atoms with van der Waals surface area (Å²) in [6.07, 6.45) is 17.9. The van der Waals surface area contributed by atoms with E-state index in [4.69, 9.17) is 0 Å². The summed E-state index contributed by atoms with van der Waals surface area (Å²) in [6, 6.07) is 2.35. The largest absolute Gasteiger partial charge is 0.298 e. The summed E-state index contributed by atoms with van der Waals surface area (Å²) in [7, 11) is 0. The minimum absolute atomic E-state index is 0.361. The van der Waals surface area contributed by atoms with Crippen molar-refractivity contribution in [2.24, 2.45) is 23.2 Å². The number of aromatic nitrogens is 1. The van der Waals surface area contributed by atoms with Gasteiger partial charge in [0, 0.05) is 17.9 Å². The van der Waals surface area contributed by atoms with Crippen molar-refractivity contribution in [3.63, 3.8) is 0 Å². The van der Waals surface area contributed by atoms with E-state index in [1.807, 2.05) is 6.20 Å². The van der Waals surface area contributed by atoms with E-state index < -0.39 is 0 Å². The van der Waals surface area contributed by atoms with E-state index in [0.29, 0.717) is 11.0 Å². The molecule has 5 atom stereocenters. The topological polar surface area (TPSA) is 16.1 Å². The van der Waals surface area contributed by atoms with Crippen molar-refractivity contribution in [2.45, 2.75) is 77.7 Å². The maximum atomic E-state index is 4.51. The Bertz CT molecular complexity index is 752. The van der Waals surface area contributed by atoms with Crippen LogP contribution in [0.4, 0.5) is 0 Å². The Balaban J connectivity index is 1.45. The smallest absolute Gasteiger partial charge is 0.0343 e. The van der Waals surface area contributed by atoms with Crippen LogP contribution < -0.4 is 0 Å². The number of hydrogen-bond acceptors (Lipinski definition) is 2. The molecule has 5 unspecified atom stereocenters. The van der Waals surface area contributed by atoms with Crippen molar-refractivity contribution < 1.29 is 0 Å². The molecule has 1 aromatic heterocycles. The molecule has 2 saturated heterocycles. The second kappa shape index (κ2) is 6.44. The molecule has 0 N–H and O–H groups in total. The highest BCUT2D eigenvalue weighted by atomic mass is 15.2. The molecule has 0 bridgehead atoms. The number of rotatable bonds is 1. The summed E-state index contributed by atoms with van der Waals surface area (Å²) in [6.45, 7) is 10.1. The van der Waals surface area contributed by atoms with Crippen molar-refractivity contribution in [1.82, 2.24) is 9.88 Å². The molecule has 0 spiro atoms. The average Bonchev–Trinajstić information content (AvgIpc) is 2.88. The van der Waals surface area contributed by atoms with Crippen molar-refractivity contribution in [2.75, 3.05) is 13.1 Å². The van der Waals surface area contributed by atoms with Crippen LogP contribution in [0.1, 0.15) is 76.3 Å². The van der Waals surface area contributed by atoms with Gasteiger partial charge in [-0.15, -0.1) is 0 Å². The van der Waals surface area contributed by atoms with Gasteiger partial charge in [-0.1, -0.05) is 25.8 Å². The van der Waals surface area contributed by atoms with Crippen LogP contribution >= 0.6 is 0 Å². The SMILES string of the molecule is Cc1cncc(C2=CCC3C4CCN5CCCCCC5(C)C4CCC23C)c1. The van der Waals surface area contributed by atoms with Crippen LogP contribution in [0.2, 0.25) is 0 Å². The average molecular weight is 365 g/mol. The normalized spacial score (nSPS) is 41.9. The molecule has 4 aliphatic rings. The van der Waals surface area contributed by atoms with Crippen LogP contribution in [0.5, 0.6) is 0 Å². The van der Waals surface area contributed by atoms with Gasteiger partial charge in [0.2, 0.25) is 0 Å². The third-order valence-corrected chi connectivity index (χ3v) is 9.07. The lowest BCUT2D eigenvalue weighted by Crippen LogP contribution is -2.61. The van der Waals surface area contributed by atoms with Gasteiger partial charge in [0.1, 0.15) is 0 Å². The number of fused-ring (bicyclic) bond motifs is 5. The monoisotopic (exact) mass is 364 g/mol. The molecule has 2 aliphatic carbocycles. The number of allylic oxidation sites excluding steroid dienone is 2. The number of nitrogens with zero attached hydrogens (tertiary/aromatic N) is 2. The second-order valence-corrected chi connectivity index (χ2v) is 10.4. The van der Waals surface area contributed by atoms with Crippen molar-refractivity contribution >= 4 is 5.57 Å². The summed E-state index contributed by atoms with van der Waals surface area (Å²) in [5, 5.41) is 0. The van der Waals surface area contributed by atoms with Gasteiger partial charge < -0.3 is 0 Å². The summed E-state index contributed by atoms with van der Waals surface area (Å²) in [5.74, 6) is 2.66. The second-order valence-electron chi connectivity index (χ2n) is 10.4. The Morgan fingerprint density at radius 2 is 1.89 bits per heavy atom. The third kappa shape index (κ3) is 2.66. The summed E-state index contributed by atoms with van der Waals surface area (Å²) < 4.78 is 0. The Morgan fingerprint density at radius 3 is 2.74 bits per heavy atom. The van der Waals surface area contributed by atoms with Gasteiger partial charge in [-0.2, -0.15) is 0 Å². The first-order valence-electron chi connectivity index (χ1n) is 11.4. The zero-order valence-electron chi connectivity index (χ0n) is 17.5. The molecule has 2 aliphatic heterocycles. The van der Waals surface area contributed by atoms with Gasteiger partial charge in [0.25, 0.3) is 0 Å². The lowest BCUT2D eigenvalue weighted by Gasteiger charge is -2.60. The summed E-state index contributed by atoms with van der Waals surface area (Å²) >= 11 is 0. The molecular formula is C25H36N2. The molecule has 3 heterocycles. The predicted octanol–water partition coefficient (Wildman–Crippen LogP) is 5.86. The molecule has 27 heavy (non-hydrogen) atoms. The molecule has 2 nitrogen and oxygen atoms in total. The van der Waals surface area contributed by atoms with Crippen LogP contribution in [-0.2, 0) is 0 Å². The maximum Gasteiger partial charge on any atom is 0.0343 e. The molecular weight excluding hydrogens is 328 g/mol. The molecule has 0 radical (unpaired) electrons. The Hall–Kier alpha value is -1.15. The van der Waals surface area contributed by atoms with Gasteiger partial charge in [-0.05, 0) is 111 Å². The fraction of sp³-hybridized carbons (Fsp3) is 0.720. The van der Waals surface area contributed by atoms with E-state index in [9.17, 15) is 0 Å². The van der Waals surface area contributed by atoms with E-state index in [2.05, 4.69) is 49.0 Å². The Morgan fingerprint density at radius 1 is 1.00 bits per heavy atom. The standard InChI is InChI=1S/C25H36N2/c1-18-15-19(17-26-16-18)21-7-8-22-20-10-14-27-13-6-4-5-11-25(27,3)23(20)9-12-24(21,22)2/h7,15-17,20,22-23H,4-6,8-14H2,1-3H3. The first-order valence-corrected chi connectivity index (χ1v) is 11.4. The molecule has 1 saturated carbocycles. The number of aryl methyl sites for hydroxylation is 1. The fourth-order valence-corrected chi connectivity index (χ4v) is 7.65. The molecule has 5 rings (SSSR count). The summed E-state index contributed by atoms with van der Waals surface area (Å²) in [5.41, 5.74) is 5.11. The van der Waals surface area contributed by atoms with E-state index >= 15 is 0 Å². The van der Waals surface area contributed by atoms with E-state index in [1.54, 1.807) is 5.57 Å². The van der Waals surface area contributed by atoms with Gasteiger partial charge in [-0.3, -0.25) is 9.88 Å². The zero-order valence-corrected chi connectivity index (χ0v) is 17.5. The van der Waals surface area contributed by atoms with Gasteiger partial charge in [-0.25, -0.2) is 0 Å². The lowest BCUT2D eigenvalue weighted by atomic mass is 9.52. The Kier molecular flexibility index (Phi) is 4.27. The number of pyridine rings is 1. The molecule has 0 aromatic carbocycles. The summed E-state index contributed by atoms with van der Waals surface area (Å²) in [4.78, 5) is 7.41. The highest BCUT2D eigenvalue weighted by Crippen LogP contribution is 2.63. The quantitative estimate of drug-likeness (QED) is 0.620. The molecule has 1 aromatic rings. The zero-order chi connectivity index (χ0) is 18.6. The first-order chi connectivity index (χ1) is 13.0. The number of hydrogen-bond donors (Lipinski definition) is 0. The van der Waals surface area contributed by atoms with Gasteiger partial charge >= 0.3 is 0 Å². The lowest BCUT2D eigenvalue weighted by molar-refractivity contribution is -0.0868. The van der Waals surface area contributed by atoms with E-state index in [1.165, 1.54) is 75.6 Å². The van der Waals surface area contributed by atoms with E-state index in [0.717, 1.165) is 17.8 Å². The van der Waals surface area contributed by atoms with Crippen molar-refractivity contribution in [3.8, 4) is 0 Å². The van der Waals surface area contributed by atoms with Crippen LogP contribution in [0.3, 0.4) is 0 Å².